The van der Waals surface area contributed by atoms with E-state index in [0.29, 0.717) is 27.9 Å². The van der Waals surface area contributed by atoms with Crippen molar-refractivity contribution in [1.82, 2.24) is 9.55 Å². The fourth-order valence-electron chi connectivity index (χ4n) is 5.89. The fourth-order valence-corrected chi connectivity index (χ4v) is 5.89. The molecule has 0 aliphatic rings. The number of para-hydroxylation sites is 4. The van der Waals surface area contributed by atoms with Gasteiger partial charge in [-0.25, -0.2) is 4.98 Å². The number of hydrogen-bond donors (Lipinski definition) is 0. The standard InChI is InChI=1S/C36H30N2O/c1-21-18-24(4)33(25(5)19-21)26-16-17-32-29(20-26)27-12-9-13-28(35(27)39-32)36-37-30-14-6-7-15-31(30)38(36)34-22(2)10-8-11-23(34)3/h6-20H,1-5H3/i1D3,4D3. The summed E-state index contributed by atoms with van der Waals surface area (Å²) in [7, 11) is 0. The van der Waals surface area contributed by atoms with Crippen molar-refractivity contribution < 1.29 is 12.6 Å². The summed E-state index contributed by atoms with van der Waals surface area (Å²) in [6, 6.07) is 28.8. The van der Waals surface area contributed by atoms with Crippen LogP contribution in [0.25, 0.3) is 61.2 Å². The molecule has 0 amide bonds. The Bertz CT molecular complexity index is 2270. The molecule has 0 N–H and O–H groups in total. The van der Waals surface area contributed by atoms with Crippen molar-refractivity contribution in [1.29, 1.82) is 0 Å². The normalized spacial score (nSPS) is 14.6. The molecule has 0 bridgehead atoms. The van der Waals surface area contributed by atoms with Gasteiger partial charge in [0, 0.05) is 19.0 Å². The first kappa shape index (κ1) is 17.8. The van der Waals surface area contributed by atoms with Crippen molar-refractivity contribution in [2.24, 2.45) is 0 Å². The van der Waals surface area contributed by atoms with E-state index in [1.165, 1.54) is 6.07 Å². The van der Waals surface area contributed by atoms with E-state index in [1.807, 2.05) is 54.6 Å². The second-order valence-corrected chi connectivity index (χ2v) is 10.2. The maximum atomic E-state index is 8.24. The minimum atomic E-state index is -2.51. The van der Waals surface area contributed by atoms with Crippen molar-refractivity contribution in [3.8, 4) is 28.2 Å². The zero-order chi connectivity index (χ0) is 31.8. The SMILES string of the molecule is [2H]C([2H])([2H])c1cc(C)c(-c2ccc3oc4c(-c5nc6ccccc6n5-c5c(C)cccc5C)cccc4c3c2)c(C([2H])([2H])[2H])c1. The first-order chi connectivity index (χ1) is 21.3. The summed E-state index contributed by atoms with van der Waals surface area (Å²) < 4.78 is 57.1. The van der Waals surface area contributed by atoms with Gasteiger partial charge in [-0.15, -0.1) is 0 Å². The minimum absolute atomic E-state index is 0.0149. The van der Waals surface area contributed by atoms with E-state index in [1.54, 1.807) is 13.0 Å². The highest BCUT2D eigenvalue weighted by atomic mass is 16.3. The number of imidazole rings is 1. The largest absolute Gasteiger partial charge is 0.455 e. The number of rotatable bonds is 3. The number of furan rings is 1. The Morgan fingerprint density at radius 3 is 2.33 bits per heavy atom. The molecule has 5 aromatic carbocycles. The molecule has 0 spiro atoms. The van der Waals surface area contributed by atoms with Crippen molar-refractivity contribution >= 4 is 33.0 Å². The maximum Gasteiger partial charge on any atom is 0.149 e. The molecule has 0 saturated carbocycles. The van der Waals surface area contributed by atoms with Gasteiger partial charge in [0.15, 0.2) is 0 Å². The van der Waals surface area contributed by atoms with Crippen molar-refractivity contribution in [3.63, 3.8) is 0 Å². The lowest BCUT2D eigenvalue weighted by Crippen LogP contribution is -2.02. The number of fused-ring (bicyclic) bond motifs is 4. The first-order valence-corrected chi connectivity index (χ1v) is 13.0. The third-order valence-corrected chi connectivity index (χ3v) is 7.59. The highest BCUT2D eigenvalue weighted by Gasteiger charge is 2.21. The van der Waals surface area contributed by atoms with E-state index in [4.69, 9.17) is 17.6 Å². The number of aromatic nitrogens is 2. The second-order valence-electron chi connectivity index (χ2n) is 10.2. The molecule has 3 heteroatoms. The molecule has 190 valence electrons. The number of benzene rings is 5. The quantitative estimate of drug-likeness (QED) is 0.236. The molecule has 0 unspecified atom stereocenters. The van der Waals surface area contributed by atoms with Crippen molar-refractivity contribution in [2.75, 3.05) is 0 Å². The summed E-state index contributed by atoms with van der Waals surface area (Å²) in [5.41, 5.74) is 9.18. The summed E-state index contributed by atoms with van der Waals surface area (Å²) in [6.45, 7) is 1.04. The molecule has 0 atom stereocenters. The highest BCUT2D eigenvalue weighted by Crippen LogP contribution is 2.40. The molecule has 2 aromatic heterocycles. The molecule has 0 aliphatic carbocycles. The molecular weight excluding hydrogens is 476 g/mol. The van der Waals surface area contributed by atoms with Crippen LogP contribution in [0.3, 0.4) is 0 Å². The van der Waals surface area contributed by atoms with Gasteiger partial charge < -0.3 is 4.42 Å². The van der Waals surface area contributed by atoms with Crippen LogP contribution in [-0.4, -0.2) is 9.55 Å². The van der Waals surface area contributed by atoms with Gasteiger partial charge in [-0.3, -0.25) is 4.57 Å². The van der Waals surface area contributed by atoms with Crippen LogP contribution in [0.4, 0.5) is 0 Å². The predicted octanol–water partition coefficient (Wildman–Crippen LogP) is 9.80. The van der Waals surface area contributed by atoms with Gasteiger partial charge >= 0.3 is 0 Å². The topological polar surface area (TPSA) is 31.0 Å². The van der Waals surface area contributed by atoms with Crippen LogP contribution < -0.4 is 0 Å². The van der Waals surface area contributed by atoms with Gasteiger partial charge in [-0.1, -0.05) is 66.2 Å². The van der Waals surface area contributed by atoms with Gasteiger partial charge in [-0.05, 0) is 98.2 Å². The van der Waals surface area contributed by atoms with E-state index >= 15 is 0 Å². The molecule has 7 aromatic rings. The average molecular weight is 513 g/mol. The van der Waals surface area contributed by atoms with E-state index in [9.17, 15) is 0 Å². The summed E-state index contributed by atoms with van der Waals surface area (Å²) in [5.74, 6) is 0.763. The average Bonchev–Trinajstić information content (AvgIpc) is 3.54. The number of nitrogens with zero attached hydrogens (tertiary/aromatic N) is 2. The molecule has 0 saturated heterocycles. The molecule has 3 nitrogen and oxygen atoms in total. The van der Waals surface area contributed by atoms with Gasteiger partial charge in [0.2, 0.25) is 0 Å². The fraction of sp³-hybridized carbons (Fsp3) is 0.139. The smallest absolute Gasteiger partial charge is 0.149 e. The Morgan fingerprint density at radius 1 is 0.718 bits per heavy atom. The zero-order valence-corrected chi connectivity index (χ0v) is 22.0. The van der Waals surface area contributed by atoms with Crippen LogP contribution in [0, 0.1) is 34.5 Å². The van der Waals surface area contributed by atoms with Gasteiger partial charge in [-0.2, -0.15) is 0 Å². The predicted molar refractivity (Wildman–Crippen MR) is 163 cm³/mol. The summed E-state index contributed by atoms with van der Waals surface area (Å²) in [5, 5.41) is 1.70. The van der Waals surface area contributed by atoms with Gasteiger partial charge in [0.1, 0.15) is 17.0 Å². The highest BCUT2D eigenvalue weighted by molar-refractivity contribution is 6.10. The Morgan fingerprint density at radius 2 is 1.51 bits per heavy atom. The third kappa shape index (κ3) is 3.61. The van der Waals surface area contributed by atoms with E-state index in [-0.39, 0.29) is 11.1 Å². The monoisotopic (exact) mass is 512 g/mol. The van der Waals surface area contributed by atoms with Gasteiger partial charge in [0.25, 0.3) is 0 Å². The molecule has 7 rings (SSSR count). The minimum Gasteiger partial charge on any atom is -0.455 e. The number of aryl methyl sites for hydroxylation is 5. The summed E-state index contributed by atoms with van der Waals surface area (Å²) in [4.78, 5) is 5.10. The summed E-state index contributed by atoms with van der Waals surface area (Å²) >= 11 is 0. The number of hydrogen-bond acceptors (Lipinski definition) is 2. The molecule has 0 fully saturated rings. The van der Waals surface area contributed by atoms with E-state index in [2.05, 4.69) is 42.7 Å². The van der Waals surface area contributed by atoms with Crippen LogP contribution in [0.2, 0.25) is 0 Å². The van der Waals surface area contributed by atoms with Crippen LogP contribution in [0.1, 0.15) is 36.0 Å². The third-order valence-electron chi connectivity index (χ3n) is 7.59. The van der Waals surface area contributed by atoms with Gasteiger partial charge in [0.05, 0.1) is 22.3 Å². The molecule has 0 radical (unpaired) electrons. The first-order valence-electron chi connectivity index (χ1n) is 16.0. The van der Waals surface area contributed by atoms with Crippen LogP contribution in [-0.2, 0) is 0 Å². The molecular formula is C36H30N2O. The Labute approximate surface area is 236 Å². The summed E-state index contributed by atoms with van der Waals surface area (Å²) in [6.07, 6.45) is 0. The molecule has 2 heterocycles. The van der Waals surface area contributed by atoms with Crippen LogP contribution in [0.15, 0.2) is 95.4 Å². The van der Waals surface area contributed by atoms with E-state index in [0.717, 1.165) is 50.0 Å². The van der Waals surface area contributed by atoms with Crippen molar-refractivity contribution in [3.05, 3.63) is 119 Å². The Kier molecular flexibility index (Phi) is 3.97. The maximum absolute atomic E-state index is 8.24. The Hall–Kier alpha value is -4.63. The second kappa shape index (κ2) is 8.71. The molecule has 39 heavy (non-hydrogen) atoms. The Balaban J connectivity index is 1.48. The van der Waals surface area contributed by atoms with Crippen LogP contribution >= 0.6 is 0 Å². The van der Waals surface area contributed by atoms with Crippen molar-refractivity contribution in [2.45, 2.75) is 34.5 Å². The lowest BCUT2D eigenvalue weighted by Gasteiger charge is -2.15. The zero-order valence-electron chi connectivity index (χ0n) is 28.0. The molecule has 0 aliphatic heterocycles. The lowest BCUT2D eigenvalue weighted by molar-refractivity contribution is 0.669. The van der Waals surface area contributed by atoms with E-state index < -0.39 is 13.7 Å². The van der Waals surface area contributed by atoms with Crippen LogP contribution in [0.5, 0.6) is 0 Å². The lowest BCUT2D eigenvalue weighted by atomic mass is 9.93.